The lowest BCUT2D eigenvalue weighted by atomic mass is 10.0. The average Bonchev–Trinajstić information content (AvgIpc) is 2.27. The summed E-state index contributed by atoms with van der Waals surface area (Å²) >= 11 is 0. The van der Waals surface area contributed by atoms with Crippen LogP contribution in [0, 0.1) is 5.92 Å². The van der Waals surface area contributed by atoms with E-state index in [9.17, 15) is 4.79 Å². The third-order valence-corrected chi connectivity index (χ3v) is 3.30. The van der Waals surface area contributed by atoms with Gasteiger partial charge >= 0.3 is 0 Å². The average molecular weight is 248 g/mol. The van der Waals surface area contributed by atoms with E-state index in [-0.39, 0.29) is 5.78 Å². The molecule has 0 radical (unpaired) electrons. The lowest BCUT2D eigenvalue weighted by Crippen LogP contribution is -2.30. The van der Waals surface area contributed by atoms with Crippen LogP contribution in [0.5, 0.6) is 0 Å². The molecule has 1 atom stereocenters. The normalized spacial score (nSPS) is 12.6. The molecule has 0 heterocycles. The van der Waals surface area contributed by atoms with E-state index in [1.54, 1.807) is 6.92 Å². The predicted octanol–water partition coefficient (Wildman–Crippen LogP) is 3.34. The molecule has 0 spiro atoms. The standard InChI is InChI=1S/C15H24N2O/c1-10(2)8-11(3)17(5)13-6-7-15(16)14(9-13)12(4)18/h6-7,9-11H,8,16H2,1-5H3. The molecule has 3 heteroatoms. The van der Waals surface area contributed by atoms with Crippen LogP contribution >= 0.6 is 0 Å². The number of ketones is 1. The number of nitrogen functional groups attached to an aromatic ring is 1. The molecule has 0 aliphatic rings. The molecule has 1 unspecified atom stereocenters. The van der Waals surface area contributed by atoms with E-state index in [0.29, 0.717) is 23.2 Å². The van der Waals surface area contributed by atoms with E-state index >= 15 is 0 Å². The Morgan fingerprint density at radius 3 is 2.44 bits per heavy atom. The van der Waals surface area contributed by atoms with Gasteiger partial charge in [0, 0.05) is 30.0 Å². The first kappa shape index (κ1) is 14.6. The van der Waals surface area contributed by atoms with Crippen molar-refractivity contribution in [1.29, 1.82) is 0 Å². The smallest absolute Gasteiger partial charge is 0.161 e. The van der Waals surface area contributed by atoms with E-state index < -0.39 is 0 Å². The van der Waals surface area contributed by atoms with Crippen molar-refractivity contribution in [2.24, 2.45) is 5.92 Å². The minimum Gasteiger partial charge on any atom is -0.398 e. The molecule has 0 saturated heterocycles. The molecule has 3 nitrogen and oxygen atoms in total. The first-order valence-corrected chi connectivity index (χ1v) is 6.46. The van der Waals surface area contributed by atoms with E-state index in [1.807, 2.05) is 18.2 Å². The summed E-state index contributed by atoms with van der Waals surface area (Å²) in [5.41, 5.74) is 8.01. The largest absolute Gasteiger partial charge is 0.398 e. The fraction of sp³-hybridized carbons (Fsp3) is 0.533. The van der Waals surface area contributed by atoms with Gasteiger partial charge in [-0.1, -0.05) is 13.8 Å². The highest BCUT2D eigenvalue weighted by Gasteiger charge is 2.14. The number of carbonyl (C=O) groups excluding carboxylic acids is 1. The zero-order chi connectivity index (χ0) is 13.9. The van der Waals surface area contributed by atoms with Crippen molar-refractivity contribution in [3.05, 3.63) is 23.8 Å². The number of anilines is 2. The van der Waals surface area contributed by atoms with Crippen LogP contribution in [0.2, 0.25) is 0 Å². The second-order valence-electron chi connectivity index (χ2n) is 5.42. The summed E-state index contributed by atoms with van der Waals surface area (Å²) in [6, 6.07) is 6.10. The van der Waals surface area contributed by atoms with Crippen molar-refractivity contribution in [2.75, 3.05) is 17.7 Å². The first-order chi connectivity index (χ1) is 8.32. The Morgan fingerprint density at radius 1 is 1.33 bits per heavy atom. The van der Waals surface area contributed by atoms with Crippen molar-refractivity contribution < 1.29 is 4.79 Å². The third-order valence-electron chi connectivity index (χ3n) is 3.30. The van der Waals surface area contributed by atoms with Crippen molar-refractivity contribution in [1.82, 2.24) is 0 Å². The summed E-state index contributed by atoms with van der Waals surface area (Å²) in [6.07, 6.45) is 1.12. The van der Waals surface area contributed by atoms with Crippen LogP contribution in [0.15, 0.2) is 18.2 Å². The van der Waals surface area contributed by atoms with Crippen molar-refractivity contribution in [2.45, 2.75) is 40.2 Å². The second kappa shape index (κ2) is 5.89. The lowest BCUT2D eigenvalue weighted by Gasteiger charge is -2.28. The molecule has 1 aromatic carbocycles. The fourth-order valence-corrected chi connectivity index (χ4v) is 2.16. The van der Waals surface area contributed by atoms with Crippen LogP contribution in [-0.4, -0.2) is 18.9 Å². The molecule has 0 saturated carbocycles. The Bertz CT molecular complexity index is 427. The maximum Gasteiger partial charge on any atom is 0.161 e. The molecule has 18 heavy (non-hydrogen) atoms. The third kappa shape index (κ3) is 3.49. The van der Waals surface area contributed by atoms with Crippen LogP contribution in [0.3, 0.4) is 0 Å². The van der Waals surface area contributed by atoms with Crippen molar-refractivity contribution in [3.63, 3.8) is 0 Å². The molecule has 0 fully saturated rings. The Kier molecular flexibility index (Phi) is 4.76. The van der Waals surface area contributed by atoms with Crippen LogP contribution < -0.4 is 10.6 Å². The van der Waals surface area contributed by atoms with Crippen LogP contribution in [0.4, 0.5) is 11.4 Å². The number of nitrogens with two attached hydrogens (primary N) is 1. The second-order valence-corrected chi connectivity index (χ2v) is 5.42. The highest BCUT2D eigenvalue weighted by molar-refractivity contribution is 6.00. The molecule has 1 rings (SSSR count). The van der Waals surface area contributed by atoms with Gasteiger partial charge in [-0.3, -0.25) is 4.79 Å². The number of hydrogen-bond donors (Lipinski definition) is 1. The van der Waals surface area contributed by atoms with Gasteiger partial charge in [0.05, 0.1) is 0 Å². The van der Waals surface area contributed by atoms with Gasteiger partial charge in [0.15, 0.2) is 5.78 Å². The Hall–Kier alpha value is -1.51. The summed E-state index contributed by atoms with van der Waals surface area (Å²) in [7, 11) is 2.06. The molecule has 0 bridgehead atoms. The number of rotatable bonds is 5. The SMILES string of the molecule is CC(=O)c1cc(N(C)C(C)CC(C)C)ccc1N. The van der Waals surface area contributed by atoms with Crippen molar-refractivity contribution >= 4 is 17.2 Å². The summed E-state index contributed by atoms with van der Waals surface area (Å²) in [5, 5.41) is 0. The molecule has 100 valence electrons. The van der Waals surface area contributed by atoms with Crippen LogP contribution in [0.25, 0.3) is 0 Å². The maximum atomic E-state index is 11.5. The van der Waals surface area contributed by atoms with Gasteiger partial charge in [-0.2, -0.15) is 0 Å². The van der Waals surface area contributed by atoms with E-state index in [0.717, 1.165) is 12.1 Å². The van der Waals surface area contributed by atoms with Gasteiger partial charge < -0.3 is 10.6 Å². The topological polar surface area (TPSA) is 46.3 Å². The quantitative estimate of drug-likeness (QED) is 0.642. The van der Waals surface area contributed by atoms with Gasteiger partial charge in [-0.25, -0.2) is 0 Å². The van der Waals surface area contributed by atoms with Gasteiger partial charge in [0.25, 0.3) is 0 Å². The summed E-state index contributed by atoms with van der Waals surface area (Å²) in [4.78, 5) is 13.7. The van der Waals surface area contributed by atoms with E-state index in [2.05, 4.69) is 32.7 Å². The summed E-state index contributed by atoms with van der Waals surface area (Å²) in [5.74, 6) is 0.669. The zero-order valence-corrected chi connectivity index (χ0v) is 12.0. The number of Topliss-reactive ketones (excluding diaryl/α,β-unsaturated/α-hetero) is 1. The van der Waals surface area contributed by atoms with Gasteiger partial charge in [-0.05, 0) is 44.4 Å². The monoisotopic (exact) mass is 248 g/mol. The number of benzene rings is 1. The number of hydrogen-bond acceptors (Lipinski definition) is 3. The van der Waals surface area contributed by atoms with Gasteiger partial charge in [-0.15, -0.1) is 0 Å². The predicted molar refractivity (Wildman–Crippen MR) is 78.2 cm³/mol. The maximum absolute atomic E-state index is 11.5. The molecule has 0 aliphatic carbocycles. The van der Waals surface area contributed by atoms with Crippen LogP contribution in [-0.2, 0) is 0 Å². The molecule has 0 aromatic heterocycles. The molecule has 0 aliphatic heterocycles. The number of carbonyl (C=O) groups is 1. The van der Waals surface area contributed by atoms with Crippen molar-refractivity contribution in [3.8, 4) is 0 Å². The van der Waals surface area contributed by atoms with E-state index in [1.165, 1.54) is 0 Å². The highest BCUT2D eigenvalue weighted by Crippen LogP contribution is 2.24. The molecule has 1 aromatic rings. The van der Waals surface area contributed by atoms with Crippen LogP contribution in [0.1, 0.15) is 44.5 Å². The Labute approximate surface area is 110 Å². The minimum atomic E-state index is 0.0132. The molecule has 0 amide bonds. The molecular formula is C15H24N2O. The van der Waals surface area contributed by atoms with E-state index in [4.69, 9.17) is 5.73 Å². The highest BCUT2D eigenvalue weighted by atomic mass is 16.1. The Morgan fingerprint density at radius 2 is 1.94 bits per heavy atom. The summed E-state index contributed by atoms with van der Waals surface area (Å²) in [6.45, 7) is 8.18. The molecule has 2 N–H and O–H groups in total. The van der Waals surface area contributed by atoms with Gasteiger partial charge in [0.1, 0.15) is 0 Å². The lowest BCUT2D eigenvalue weighted by molar-refractivity contribution is 0.101. The minimum absolute atomic E-state index is 0.0132. The van der Waals surface area contributed by atoms with Gasteiger partial charge in [0.2, 0.25) is 0 Å². The molecular weight excluding hydrogens is 224 g/mol. The zero-order valence-electron chi connectivity index (χ0n) is 12.0. The first-order valence-electron chi connectivity index (χ1n) is 6.46. The Balaban J connectivity index is 2.96. The number of nitrogens with zero attached hydrogens (tertiary/aromatic N) is 1. The summed E-state index contributed by atoms with van der Waals surface area (Å²) < 4.78 is 0. The fourth-order valence-electron chi connectivity index (χ4n) is 2.16.